The largest absolute Gasteiger partial charge is 0.325 e. The maximum absolute atomic E-state index is 12.7. The highest BCUT2D eigenvalue weighted by Crippen LogP contribution is 2.28. The number of thiophene rings is 1. The summed E-state index contributed by atoms with van der Waals surface area (Å²) >= 11 is 6.95. The van der Waals surface area contributed by atoms with Gasteiger partial charge in [0, 0.05) is 50.2 Å². The van der Waals surface area contributed by atoms with Crippen molar-refractivity contribution in [2.45, 2.75) is 10.6 Å². The van der Waals surface area contributed by atoms with Crippen LogP contribution in [0.4, 0.5) is 5.69 Å². The highest BCUT2D eigenvalue weighted by atomic mass is 35.5. The molecule has 1 N–H and O–H groups in total. The van der Waals surface area contributed by atoms with Crippen LogP contribution >= 0.6 is 22.9 Å². The number of fused-ring (bicyclic) bond motifs is 1. The van der Waals surface area contributed by atoms with Gasteiger partial charge >= 0.3 is 0 Å². The summed E-state index contributed by atoms with van der Waals surface area (Å²) in [5.74, 6) is -0.0466. The van der Waals surface area contributed by atoms with E-state index in [4.69, 9.17) is 11.6 Å². The lowest BCUT2D eigenvalue weighted by Crippen LogP contribution is -2.48. The second-order valence-electron chi connectivity index (χ2n) is 7.13. The molecule has 1 saturated heterocycles. The number of nitrogens with one attached hydrogen (secondary N) is 1. The Morgan fingerprint density at radius 3 is 2.47 bits per heavy atom. The minimum atomic E-state index is -3.50. The van der Waals surface area contributed by atoms with Crippen LogP contribution < -0.4 is 5.32 Å². The Kier molecular flexibility index (Phi) is 6.40. The molecule has 1 aliphatic rings. The summed E-state index contributed by atoms with van der Waals surface area (Å²) in [5, 5.41) is 5.10. The van der Waals surface area contributed by atoms with E-state index in [1.807, 2.05) is 42.5 Å². The fourth-order valence-electron chi connectivity index (χ4n) is 3.56. The number of halogens is 1. The van der Waals surface area contributed by atoms with Crippen molar-refractivity contribution < 1.29 is 13.2 Å². The second-order valence-corrected chi connectivity index (χ2v) is 11.0. The molecule has 0 radical (unpaired) electrons. The number of piperazine rings is 1. The van der Waals surface area contributed by atoms with Gasteiger partial charge in [0.15, 0.2) is 0 Å². The monoisotopic (exact) mass is 463 g/mol. The van der Waals surface area contributed by atoms with Crippen molar-refractivity contribution in [3.8, 4) is 0 Å². The number of rotatable bonds is 6. The first-order valence-corrected chi connectivity index (χ1v) is 12.3. The first-order chi connectivity index (χ1) is 14.4. The van der Waals surface area contributed by atoms with E-state index in [-0.39, 0.29) is 10.1 Å². The van der Waals surface area contributed by atoms with E-state index >= 15 is 0 Å². The Bertz CT molecular complexity index is 1150. The van der Waals surface area contributed by atoms with Crippen molar-refractivity contribution in [1.29, 1.82) is 0 Å². The molecule has 2 heterocycles. The minimum Gasteiger partial charge on any atom is -0.325 e. The quantitative estimate of drug-likeness (QED) is 0.602. The molecule has 0 bridgehead atoms. The molecule has 158 valence electrons. The van der Waals surface area contributed by atoms with Crippen molar-refractivity contribution in [2.75, 3.05) is 38.0 Å². The third kappa shape index (κ3) is 4.68. The molecule has 6 nitrogen and oxygen atoms in total. The van der Waals surface area contributed by atoms with Crippen molar-refractivity contribution in [1.82, 2.24) is 9.21 Å². The number of anilines is 1. The third-order valence-corrected chi connectivity index (χ3v) is 8.79. The summed E-state index contributed by atoms with van der Waals surface area (Å²) < 4.78 is 27.6. The molecule has 0 saturated carbocycles. The van der Waals surface area contributed by atoms with E-state index in [2.05, 4.69) is 10.2 Å². The normalized spacial score (nSPS) is 16.0. The predicted octanol–water partition coefficient (Wildman–Crippen LogP) is 3.89. The molecular formula is C21H22ClN3O3S2. The van der Waals surface area contributed by atoms with E-state index in [1.54, 1.807) is 12.1 Å². The summed E-state index contributed by atoms with van der Waals surface area (Å²) in [6.45, 7) is 2.60. The van der Waals surface area contributed by atoms with Crippen LogP contribution in [0.3, 0.4) is 0 Å². The molecule has 0 spiro atoms. The summed E-state index contributed by atoms with van der Waals surface area (Å²) in [6.07, 6.45) is 0.358. The number of hydrogen-bond acceptors (Lipinski definition) is 5. The van der Waals surface area contributed by atoms with Crippen molar-refractivity contribution in [3.05, 3.63) is 58.9 Å². The maximum atomic E-state index is 12.7. The van der Waals surface area contributed by atoms with Gasteiger partial charge in [0.25, 0.3) is 10.0 Å². The Labute approximate surface area is 185 Å². The van der Waals surface area contributed by atoms with Gasteiger partial charge in [-0.3, -0.25) is 4.79 Å². The Balaban J connectivity index is 1.29. The van der Waals surface area contributed by atoms with E-state index in [0.29, 0.717) is 43.5 Å². The SMILES string of the molecule is O=C(CCN1CCN(S(=O)(=O)c2ccc(Cl)s2)CC1)Nc1cccc2ccccc12. The first-order valence-electron chi connectivity index (χ1n) is 9.69. The van der Waals surface area contributed by atoms with Crippen LogP contribution in [0.2, 0.25) is 4.34 Å². The van der Waals surface area contributed by atoms with Gasteiger partial charge in [0.05, 0.1) is 4.34 Å². The standard InChI is InChI=1S/C21H22ClN3O3S2/c22-19-8-9-21(29-19)30(27,28)25-14-12-24(13-15-25)11-10-20(26)23-18-7-3-5-16-4-1-2-6-17(16)18/h1-9H,10-15H2,(H,23,26). The molecule has 1 aromatic heterocycles. The molecule has 1 fully saturated rings. The lowest BCUT2D eigenvalue weighted by atomic mass is 10.1. The third-order valence-electron chi connectivity index (χ3n) is 5.19. The van der Waals surface area contributed by atoms with Gasteiger partial charge in [-0.25, -0.2) is 8.42 Å². The molecule has 0 unspecified atom stereocenters. The Morgan fingerprint density at radius 1 is 1.00 bits per heavy atom. The van der Waals surface area contributed by atoms with Gasteiger partial charge in [0.2, 0.25) is 5.91 Å². The van der Waals surface area contributed by atoms with E-state index in [0.717, 1.165) is 27.8 Å². The zero-order valence-electron chi connectivity index (χ0n) is 16.3. The smallest absolute Gasteiger partial charge is 0.252 e. The van der Waals surface area contributed by atoms with Crippen molar-refractivity contribution >= 4 is 55.3 Å². The molecule has 1 amide bonds. The summed E-state index contributed by atoms with van der Waals surface area (Å²) in [7, 11) is -3.50. The molecule has 0 aliphatic carbocycles. The van der Waals surface area contributed by atoms with Crippen LogP contribution in [-0.4, -0.2) is 56.3 Å². The minimum absolute atomic E-state index is 0.0466. The summed E-state index contributed by atoms with van der Waals surface area (Å²) in [4.78, 5) is 14.6. The van der Waals surface area contributed by atoms with E-state index < -0.39 is 10.0 Å². The molecule has 30 heavy (non-hydrogen) atoms. The Morgan fingerprint density at radius 2 is 1.73 bits per heavy atom. The zero-order valence-corrected chi connectivity index (χ0v) is 18.6. The van der Waals surface area contributed by atoms with Gasteiger partial charge in [-0.2, -0.15) is 4.31 Å². The zero-order chi connectivity index (χ0) is 21.1. The van der Waals surface area contributed by atoms with Crippen LogP contribution in [0, 0.1) is 0 Å². The fourth-order valence-corrected chi connectivity index (χ4v) is 6.62. The molecule has 0 atom stereocenters. The molecule has 3 aromatic rings. The Hall–Kier alpha value is -1.97. The predicted molar refractivity (Wildman–Crippen MR) is 122 cm³/mol. The average molecular weight is 464 g/mol. The van der Waals surface area contributed by atoms with Crippen LogP contribution in [0.25, 0.3) is 10.8 Å². The van der Waals surface area contributed by atoms with Crippen LogP contribution in [0.1, 0.15) is 6.42 Å². The van der Waals surface area contributed by atoms with Crippen molar-refractivity contribution in [3.63, 3.8) is 0 Å². The molecule has 2 aromatic carbocycles. The van der Waals surface area contributed by atoms with Crippen LogP contribution in [-0.2, 0) is 14.8 Å². The number of benzene rings is 2. The molecular weight excluding hydrogens is 442 g/mol. The lowest BCUT2D eigenvalue weighted by Gasteiger charge is -2.33. The number of carbonyl (C=O) groups excluding carboxylic acids is 1. The van der Waals surface area contributed by atoms with Crippen molar-refractivity contribution in [2.24, 2.45) is 0 Å². The van der Waals surface area contributed by atoms with Gasteiger partial charge in [-0.15, -0.1) is 11.3 Å². The number of amides is 1. The number of sulfonamides is 1. The number of carbonyl (C=O) groups is 1. The van der Waals surface area contributed by atoms with Crippen LogP contribution in [0.5, 0.6) is 0 Å². The highest BCUT2D eigenvalue weighted by Gasteiger charge is 2.29. The molecule has 1 aliphatic heterocycles. The average Bonchev–Trinajstić information content (AvgIpc) is 3.20. The number of nitrogens with zero attached hydrogens (tertiary/aromatic N) is 2. The van der Waals surface area contributed by atoms with Gasteiger partial charge in [-0.1, -0.05) is 48.0 Å². The summed E-state index contributed by atoms with van der Waals surface area (Å²) in [6, 6.07) is 16.9. The van der Waals surface area contributed by atoms with Gasteiger partial charge < -0.3 is 10.2 Å². The first kappa shape index (κ1) is 21.3. The van der Waals surface area contributed by atoms with E-state index in [1.165, 1.54) is 4.31 Å². The number of hydrogen-bond donors (Lipinski definition) is 1. The van der Waals surface area contributed by atoms with Gasteiger partial charge in [0.1, 0.15) is 4.21 Å². The fraction of sp³-hybridized carbons (Fsp3) is 0.286. The maximum Gasteiger partial charge on any atom is 0.252 e. The molecule has 4 rings (SSSR count). The second kappa shape index (κ2) is 9.03. The topological polar surface area (TPSA) is 69.7 Å². The highest BCUT2D eigenvalue weighted by molar-refractivity contribution is 7.91. The lowest BCUT2D eigenvalue weighted by molar-refractivity contribution is -0.116. The van der Waals surface area contributed by atoms with Gasteiger partial charge in [-0.05, 0) is 23.6 Å². The van der Waals surface area contributed by atoms with Crippen LogP contribution in [0.15, 0.2) is 58.8 Å². The molecule has 9 heteroatoms. The summed E-state index contributed by atoms with van der Waals surface area (Å²) in [5.41, 5.74) is 0.809. The van der Waals surface area contributed by atoms with E-state index in [9.17, 15) is 13.2 Å².